The van der Waals surface area contributed by atoms with Crippen LogP contribution >= 0.6 is 22.9 Å². The molecule has 0 fully saturated rings. The van der Waals surface area contributed by atoms with Crippen LogP contribution in [-0.4, -0.2) is 45.7 Å². The maximum Gasteiger partial charge on any atom is 0.439 e. The van der Waals surface area contributed by atoms with E-state index in [2.05, 4.69) is 0 Å². The Balaban J connectivity index is 1.97. The van der Waals surface area contributed by atoms with Gasteiger partial charge in [-0.25, -0.2) is 14.6 Å². The van der Waals surface area contributed by atoms with E-state index in [9.17, 15) is 19.2 Å². The topological polar surface area (TPSA) is 93.2 Å². The van der Waals surface area contributed by atoms with Crippen LogP contribution in [-0.2, 0) is 9.47 Å². The van der Waals surface area contributed by atoms with Gasteiger partial charge in [0.1, 0.15) is 0 Å². The number of carbonyl (C=O) groups excluding carboxylic acids is 4. The van der Waals surface area contributed by atoms with Gasteiger partial charge in [0.05, 0.1) is 11.1 Å². The number of imide groups is 1. The van der Waals surface area contributed by atoms with Crippen molar-refractivity contribution in [2.24, 2.45) is 0 Å². The molecular formula is C26H25ClN2O6S. The highest BCUT2D eigenvalue weighted by Crippen LogP contribution is 2.24. The first kappa shape index (κ1) is 26.9. The number of rotatable bonds is 5. The fourth-order valence-corrected chi connectivity index (χ4v) is 3.94. The van der Waals surface area contributed by atoms with Crippen molar-refractivity contribution in [2.45, 2.75) is 39.5 Å². The van der Waals surface area contributed by atoms with Crippen LogP contribution in [0.15, 0.2) is 71.4 Å². The van der Waals surface area contributed by atoms with Crippen molar-refractivity contribution in [1.82, 2.24) is 10.0 Å². The number of ether oxygens (including phenoxy) is 2. The highest BCUT2D eigenvalue weighted by molar-refractivity contribution is 7.08. The monoisotopic (exact) mass is 528 g/mol. The van der Waals surface area contributed by atoms with Crippen molar-refractivity contribution in [3.05, 3.63) is 93.1 Å². The summed E-state index contributed by atoms with van der Waals surface area (Å²) < 4.78 is 10.5. The van der Waals surface area contributed by atoms with Crippen LogP contribution in [0.1, 0.15) is 58.8 Å². The summed E-state index contributed by atoms with van der Waals surface area (Å²) in [6, 6.07) is 15.6. The minimum atomic E-state index is -1.35. The Labute approximate surface area is 218 Å². The number of esters is 1. The predicted molar refractivity (Wildman–Crippen MR) is 136 cm³/mol. The number of carbonyl (C=O) groups is 4. The molecule has 188 valence electrons. The van der Waals surface area contributed by atoms with Gasteiger partial charge in [-0.2, -0.15) is 11.3 Å². The van der Waals surface area contributed by atoms with Crippen LogP contribution in [0.3, 0.4) is 0 Å². The van der Waals surface area contributed by atoms with E-state index in [0.717, 1.165) is 5.01 Å². The van der Waals surface area contributed by atoms with Crippen molar-refractivity contribution < 1.29 is 28.7 Å². The van der Waals surface area contributed by atoms with Gasteiger partial charge in [-0.1, -0.05) is 29.8 Å². The number of benzene rings is 2. The highest BCUT2D eigenvalue weighted by Gasteiger charge is 2.41. The molecule has 8 nitrogen and oxygen atoms in total. The summed E-state index contributed by atoms with van der Waals surface area (Å²) in [5, 5.41) is 5.33. The number of hydrazine groups is 1. The molecule has 36 heavy (non-hydrogen) atoms. The Kier molecular flexibility index (Phi) is 8.49. The van der Waals surface area contributed by atoms with E-state index in [-0.39, 0.29) is 11.1 Å². The second-order valence-corrected chi connectivity index (χ2v) is 9.86. The van der Waals surface area contributed by atoms with Crippen LogP contribution < -0.4 is 0 Å². The minimum absolute atomic E-state index is 0.0920. The lowest BCUT2D eigenvalue weighted by atomic mass is 10.1. The maximum absolute atomic E-state index is 13.6. The van der Waals surface area contributed by atoms with Gasteiger partial charge in [-0.15, -0.1) is 5.01 Å². The number of halogens is 1. The fourth-order valence-electron chi connectivity index (χ4n) is 3.18. The molecule has 1 heterocycles. The van der Waals surface area contributed by atoms with Crippen LogP contribution in [0.2, 0.25) is 5.02 Å². The zero-order valence-corrected chi connectivity index (χ0v) is 21.7. The SMILES string of the molecule is CC(OC(=O)c1ccsc1)OC(=O)N(C(=O)c1ccc(Cl)cc1)N(C(=O)c1ccccc1)C(C)(C)C. The van der Waals surface area contributed by atoms with E-state index in [4.69, 9.17) is 21.1 Å². The maximum atomic E-state index is 13.6. The largest absolute Gasteiger partial charge is 0.439 e. The van der Waals surface area contributed by atoms with E-state index in [0.29, 0.717) is 15.6 Å². The summed E-state index contributed by atoms with van der Waals surface area (Å²) in [7, 11) is 0. The van der Waals surface area contributed by atoms with Crippen LogP contribution in [0.5, 0.6) is 0 Å². The molecule has 0 saturated heterocycles. The standard InChI is InChI=1S/C26H25ClN2O6S/c1-17(34-24(32)20-14-15-36-16-20)35-25(33)28(22(30)19-10-12-21(27)13-11-19)29(26(2,3)4)23(31)18-8-6-5-7-9-18/h5-17H,1-4H3. The number of thiophene rings is 1. The zero-order valence-electron chi connectivity index (χ0n) is 20.1. The summed E-state index contributed by atoms with van der Waals surface area (Å²) in [6.45, 7) is 6.35. The quantitative estimate of drug-likeness (QED) is 0.228. The number of hydrogen-bond acceptors (Lipinski definition) is 7. The van der Waals surface area contributed by atoms with Crippen molar-refractivity contribution in [2.75, 3.05) is 0 Å². The molecule has 0 aliphatic carbocycles. The highest BCUT2D eigenvalue weighted by atomic mass is 35.5. The summed E-state index contributed by atoms with van der Waals surface area (Å²) in [4.78, 5) is 52.8. The van der Waals surface area contributed by atoms with E-state index in [1.165, 1.54) is 42.5 Å². The molecule has 0 bridgehead atoms. The van der Waals surface area contributed by atoms with Crippen molar-refractivity contribution in [3.63, 3.8) is 0 Å². The van der Waals surface area contributed by atoms with Crippen molar-refractivity contribution in [3.8, 4) is 0 Å². The van der Waals surface area contributed by atoms with E-state index < -0.39 is 35.7 Å². The molecule has 0 radical (unpaired) electrons. The number of hydrogen-bond donors (Lipinski definition) is 0. The van der Waals surface area contributed by atoms with Crippen molar-refractivity contribution in [1.29, 1.82) is 0 Å². The molecule has 3 aromatic rings. The predicted octanol–water partition coefficient (Wildman–Crippen LogP) is 6.04. The molecule has 0 spiro atoms. The second kappa shape index (κ2) is 11.4. The van der Waals surface area contributed by atoms with E-state index in [1.807, 2.05) is 0 Å². The molecule has 3 rings (SSSR count). The number of amides is 3. The Hall–Kier alpha value is -3.69. The van der Waals surface area contributed by atoms with Crippen LogP contribution in [0.25, 0.3) is 0 Å². The lowest BCUT2D eigenvalue weighted by Crippen LogP contribution is -2.60. The van der Waals surface area contributed by atoms with E-state index in [1.54, 1.807) is 67.9 Å². The summed E-state index contributed by atoms with van der Waals surface area (Å²) in [5.74, 6) is -2.13. The molecule has 0 aliphatic heterocycles. The first-order chi connectivity index (χ1) is 17.0. The van der Waals surface area contributed by atoms with E-state index >= 15 is 0 Å². The first-order valence-electron chi connectivity index (χ1n) is 10.9. The first-order valence-corrected chi connectivity index (χ1v) is 12.2. The molecule has 1 atom stereocenters. The molecule has 2 aromatic carbocycles. The molecule has 10 heteroatoms. The van der Waals surface area contributed by atoms with Crippen LogP contribution in [0.4, 0.5) is 4.79 Å². The van der Waals surface area contributed by atoms with Gasteiger partial charge in [0.15, 0.2) is 0 Å². The van der Waals surface area contributed by atoms with Gasteiger partial charge in [0, 0.05) is 28.5 Å². The van der Waals surface area contributed by atoms with Crippen LogP contribution in [0, 0.1) is 0 Å². The summed E-state index contributed by atoms with van der Waals surface area (Å²) >= 11 is 7.26. The third-order valence-electron chi connectivity index (χ3n) is 4.80. The van der Waals surface area contributed by atoms with Gasteiger partial charge in [0.25, 0.3) is 11.8 Å². The van der Waals surface area contributed by atoms with Gasteiger partial charge in [-0.05, 0) is 68.6 Å². The minimum Gasteiger partial charge on any atom is -0.422 e. The second-order valence-electron chi connectivity index (χ2n) is 8.65. The molecule has 0 aliphatic rings. The van der Waals surface area contributed by atoms with Gasteiger partial charge in [-0.3, -0.25) is 9.59 Å². The lowest BCUT2D eigenvalue weighted by Gasteiger charge is -2.41. The normalized spacial score (nSPS) is 11.8. The Bertz CT molecular complexity index is 1220. The summed E-state index contributed by atoms with van der Waals surface area (Å²) in [5.41, 5.74) is -0.391. The molecule has 1 unspecified atom stereocenters. The smallest absolute Gasteiger partial charge is 0.422 e. The Morgan fingerprint density at radius 3 is 2.00 bits per heavy atom. The molecule has 1 aromatic heterocycles. The summed E-state index contributed by atoms with van der Waals surface area (Å²) in [6.07, 6.45) is -2.54. The molecular weight excluding hydrogens is 504 g/mol. The third kappa shape index (κ3) is 6.50. The van der Waals surface area contributed by atoms with Gasteiger partial charge < -0.3 is 9.47 Å². The Morgan fingerprint density at radius 2 is 1.44 bits per heavy atom. The Morgan fingerprint density at radius 1 is 0.833 bits per heavy atom. The lowest BCUT2D eigenvalue weighted by molar-refractivity contribution is -0.0919. The third-order valence-corrected chi connectivity index (χ3v) is 5.74. The van der Waals surface area contributed by atoms with Gasteiger partial charge >= 0.3 is 12.1 Å². The fraction of sp³-hybridized carbons (Fsp3) is 0.231. The van der Waals surface area contributed by atoms with Gasteiger partial charge in [0.2, 0.25) is 6.29 Å². The average molecular weight is 529 g/mol. The molecule has 0 saturated carbocycles. The van der Waals surface area contributed by atoms with Crippen molar-refractivity contribution >= 4 is 46.8 Å². The average Bonchev–Trinajstić information content (AvgIpc) is 3.37. The molecule has 0 N–H and O–H groups in total. The zero-order chi connectivity index (χ0) is 26.5. The molecule has 3 amide bonds. The number of nitrogens with zero attached hydrogens (tertiary/aromatic N) is 2.